The van der Waals surface area contributed by atoms with Gasteiger partial charge in [-0.3, -0.25) is 0 Å². The summed E-state index contributed by atoms with van der Waals surface area (Å²) in [5.74, 6) is 0. The van der Waals surface area contributed by atoms with Crippen molar-refractivity contribution >= 4 is 5.69 Å². The van der Waals surface area contributed by atoms with E-state index in [-0.39, 0.29) is 0 Å². The van der Waals surface area contributed by atoms with Crippen molar-refractivity contribution in [2.75, 3.05) is 31.5 Å². The Morgan fingerprint density at radius 3 is 2.44 bits per heavy atom. The summed E-state index contributed by atoms with van der Waals surface area (Å²) >= 11 is 0. The fraction of sp³-hybridized carbons (Fsp3) is 0.571. The highest BCUT2D eigenvalue weighted by atomic mass is 15.1. The minimum absolute atomic E-state index is 1.06. The molecule has 16 heavy (non-hydrogen) atoms. The van der Waals surface area contributed by atoms with Gasteiger partial charge in [-0.15, -0.1) is 0 Å². The van der Waals surface area contributed by atoms with Crippen LogP contribution in [-0.2, 0) is 6.42 Å². The molecule has 1 aliphatic heterocycles. The maximum Gasteiger partial charge on any atom is 0.0340 e. The molecular weight excluding hydrogens is 196 g/mol. The minimum Gasteiger partial charge on any atom is -0.384 e. The summed E-state index contributed by atoms with van der Waals surface area (Å²) in [6.45, 7) is 7.00. The molecular formula is C14H22N2. The third-order valence-corrected chi connectivity index (χ3v) is 3.32. The van der Waals surface area contributed by atoms with Crippen LogP contribution in [0.2, 0.25) is 0 Å². The Hall–Kier alpha value is -1.02. The summed E-state index contributed by atoms with van der Waals surface area (Å²) in [5, 5.41) is 3.48. The second-order valence-corrected chi connectivity index (χ2v) is 4.53. The first-order valence-corrected chi connectivity index (χ1v) is 6.43. The van der Waals surface area contributed by atoms with Gasteiger partial charge in [0, 0.05) is 18.8 Å². The molecule has 0 bridgehead atoms. The van der Waals surface area contributed by atoms with Crippen molar-refractivity contribution in [2.24, 2.45) is 0 Å². The van der Waals surface area contributed by atoms with Crippen LogP contribution in [0.5, 0.6) is 0 Å². The molecule has 2 rings (SSSR count). The fourth-order valence-electron chi connectivity index (χ4n) is 2.22. The second-order valence-electron chi connectivity index (χ2n) is 4.53. The van der Waals surface area contributed by atoms with Gasteiger partial charge in [-0.1, -0.05) is 19.1 Å². The van der Waals surface area contributed by atoms with Crippen molar-refractivity contribution in [3.8, 4) is 0 Å². The Balaban J connectivity index is 1.71. The van der Waals surface area contributed by atoms with Crippen molar-refractivity contribution < 1.29 is 0 Å². The van der Waals surface area contributed by atoms with Crippen molar-refractivity contribution in [3.63, 3.8) is 0 Å². The van der Waals surface area contributed by atoms with Crippen LogP contribution in [-0.4, -0.2) is 31.1 Å². The van der Waals surface area contributed by atoms with E-state index in [0.717, 1.165) is 13.0 Å². The summed E-state index contributed by atoms with van der Waals surface area (Å²) in [5.41, 5.74) is 2.65. The summed E-state index contributed by atoms with van der Waals surface area (Å²) in [7, 11) is 0. The second kappa shape index (κ2) is 5.90. The lowest BCUT2D eigenvalue weighted by Gasteiger charge is -2.15. The summed E-state index contributed by atoms with van der Waals surface area (Å²) < 4.78 is 0. The minimum atomic E-state index is 1.06. The van der Waals surface area contributed by atoms with Crippen molar-refractivity contribution in [2.45, 2.75) is 26.2 Å². The van der Waals surface area contributed by atoms with Crippen molar-refractivity contribution in [3.05, 3.63) is 29.8 Å². The first-order chi connectivity index (χ1) is 7.88. The molecule has 0 radical (unpaired) electrons. The largest absolute Gasteiger partial charge is 0.384 e. The molecule has 0 atom stereocenters. The van der Waals surface area contributed by atoms with Crippen molar-refractivity contribution in [1.29, 1.82) is 0 Å². The van der Waals surface area contributed by atoms with E-state index in [9.17, 15) is 0 Å². The lowest BCUT2D eigenvalue weighted by atomic mass is 10.1. The topological polar surface area (TPSA) is 15.3 Å². The standard InChI is InChI=1S/C14H22N2/c1-2-13-5-7-14(8-6-13)15-9-12-16-10-3-4-11-16/h5-8,15H,2-4,9-12H2,1H3. The predicted molar refractivity (Wildman–Crippen MR) is 70.0 cm³/mol. The Morgan fingerprint density at radius 2 is 1.81 bits per heavy atom. The van der Waals surface area contributed by atoms with Crippen LogP contribution in [0.4, 0.5) is 5.69 Å². The number of likely N-dealkylation sites (tertiary alicyclic amines) is 1. The molecule has 0 aliphatic carbocycles. The van der Waals surface area contributed by atoms with Gasteiger partial charge >= 0.3 is 0 Å². The highest BCUT2D eigenvalue weighted by Gasteiger charge is 2.09. The van der Waals surface area contributed by atoms with E-state index in [2.05, 4.69) is 41.4 Å². The normalized spacial score (nSPS) is 16.6. The van der Waals surface area contributed by atoms with E-state index in [1.165, 1.54) is 43.7 Å². The molecule has 0 saturated carbocycles. The van der Waals surface area contributed by atoms with Gasteiger partial charge in [0.2, 0.25) is 0 Å². The maximum atomic E-state index is 3.48. The molecule has 0 aromatic heterocycles. The molecule has 0 unspecified atom stereocenters. The van der Waals surface area contributed by atoms with E-state index in [1.54, 1.807) is 0 Å². The SMILES string of the molecule is CCc1ccc(NCCN2CCCC2)cc1. The van der Waals surface area contributed by atoms with Crippen LogP contribution in [0.15, 0.2) is 24.3 Å². The molecule has 1 aromatic rings. The van der Waals surface area contributed by atoms with E-state index >= 15 is 0 Å². The van der Waals surface area contributed by atoms with Gasteiger partial charge in [-0.05, 0) is 50.0 Å². The van der Waals surface area contributed by atoms with E-state index in [0.29, 0.717) is 0 Å². The van der Waals surface area contributed by atoms with Gasteiger partial charge in [-0.2, -0.15) is 0 Å². The number of hydrogen-bond acceptors (Lipinski definition) is 2. The molecule has 1 saturated heterocycles. The molecule has 1 aliphatic rings. The number of benzene rings is 1. The highest BCUT2D eigenvalue weighted by molar-refractivity contribution is 5.44. The fourth-order valence-corrected chi connectivity index (χ4v) is 2.22. The maximum absolute atomic E-state index is 3.48. The molecule has 1 N–H and O–H groups in total. The van der Waals surface area contributed by atoms with Crippen LogP contribution in [0.3, 0.4) is 0 Å². The Labute approximate surface area is 98.7 Å². The Morgan fingerprint density at radius 1 is 1.12 bits per heavy atom. The van der Waals surface area contributed by atoms with Crippen LogP contribution in [0, 0.1) is 0 Å². The number of anilines is 1. The number of hydrogen-bond donors (Lipinski definition) is 1. The lowest BCUT2D eigenvalue weighted by Crippen LogP contribution is -2.25. The Kier molecular flexibility index (Phi) is 4.23. The zero-order valence-corrected chi connectivity index (χ0v) is 10.2. The first kappa shape index (κ1) is 11.5. The number of rotatable bonds is 5. The summed E-state index contributed by atoms with van der Waals surface area (Å²) in [4.78, 5) is 2.54. The van der Waals surface area contributed by atoms with Crippen molar-refractivity contribution in [1.82, 2.24) is 4.90 Å². The number of nitrogens with zero attached hydrogens (tertiary/aromatic N) is 1. The predicted octanol–water partition coefficient (Wildman–Crippen LogP) is 2.76. The van der Waals surface area contributed by atoms with E-state index < -0.39 is 0 Å². The molecule has 1 aromatic carbocycles. The number of nitrogens with one attached hydrogen (secondary N) is 1. The van der Waals surface area contributed by atoms with Gasteiger partial charge in [0.1, 0.15) is 0 Å². The highest BCUT2D eigenvalue weighted by Crippen LogP contribution is 2.10. The molecule has 88 valence electrons. The lowest BCUT2D eigenvalue weighted by molar-refractivity contribution is 0.352. The Bertz CT molecular complexity index is 299. The quantitative estimate of drug-likeness (QED) is 0.817. The average molecular weight is 218 g/mol. The first-order valence-electron chi connectivity index (χ1n) is 6.43. The summed E-state index contributed by atoms with van der Waals surface area (Å²) in [6.07, 6.45) is 3.88. The van der Waals surface area contributed by atoms with Crippen LogP contribution < -0.4 is 5.32 Å². The van der Waals surface area contributed by atoms with Crippen LogP contribution in [0.1, 0.15) is 25.3 Å². The molecule has 2 nitrogen and oxygen atoms in total. The van der Waals surface area contributed by atoms with Gasteiger partial charge < -0.3 is 10.2 Å². The van der Waals surface area contributed by atoms with Gasteiger partial charge in [0.15, 0.2) is 0 Å². The molecule has 0 amide bonds. The molecule has 1 heterocycles. The van der Waals surface area contributed by atoms with E-state index in [1.807, 2.05) is 0 Å². The monoisotopic (exact) mass is 218 g/mol. The smallest absolute Gasteiger partial charge is 0.0340 e. The molecule has 0 spiro atoms. The third kappa shape index (κ3) is 3.24. The number of aryl methyl sites for hydroxylation is 1. The van der Waals surface area contributed by atoms with Gasteiger partial charge in [-0.25, -0.2) is 0 Å². The third-order valence-electron chi connectivity index (χ3n) is 3.32. The molecule has 1 fully saturated rings. The van der Waals surface area contributed by atoms with Gasteiger partial charge in [0.25, 0.3) is 0 Å². The summed E-state index contributed by atoms with van der Waals surface area (Å²) in [6, 6.07) is 8.78. The van der Waals surface area contributed by atoms with E-state index in [4.69, 9.17) is 0 Å². The average Bonchev–Trinajstić information content (AvgIpc) is 2.83. The van der Waals surface area contributed by atoms with Gasteiger partial charge in [0.05, 0.1) is 0 Å². The van der Waals surface area contributed by atoms with Crippen LogP contribution in [0.25, 0.3) is 0 Å². The molecule has 2 heteroatoms. The zero-order valence-electron chi connectivity index (χ0n) is 10.2. The van der Waals surface area contributed by atoms with Crippen LogP contribution >= 0.6 is 0 Å². The zero-order chi connectivity index (χ0) is 11.2.